The van der Waals surface area contributed by atoms with Crippen LogP contribution in [0.3, 0.4) is 0 Å². The highest BCUT2D eigenvalue weighted by Gasteiger charge is 1.80. The first-order valence-corrected chi connectivity index (χ1v) is 2.74. The number of hydrogen-bond donors (Lipinski definition) is 1. The quantitative estimate of drug-likeness (QED) is 0.438. The Hall–Kier alpha value is -0.700. The summed E-state index contributed by atoms with van der Waals surface area (Å²) in [6.07, 6.45) is 3.37. The lowest BCUT2D eigenvalue weighted by atomic mass is 10.3. The first-order chi connectivity index (χ1) is 4.41. The van der Waals surface area contributed by atoms with Crippen LogP contribution in [0.1, 0.15) is 19.3 Å². The van der Waals surface area contributed by atoms with Crippen molar-refractivity contribution in [2.24, 2.45) is 0 Å². The van der Waals surface area contributed by atoms with Crippen molar-refractivity contribution >= 4 is 12.6 Å². The summed E-state index contributed by atoms with van der Waals surface area (Å²) in [6.45, 7) is 0. The van der Waals surface area contributed by atoms with Crippen LogP contribution in [-0.2, 0) is 9.59 Å². The van der Waals surface area contributed by atoms with Crippen LogP contribution < -0.4 is 0 Å². The molecule has 0 aromatic carbocycles. The minimum Gasteiger partial charge on any atom is -0.400 e. The van der Waals surface area contributed by atoms with Gasteiger partial charge in [0.15, 0.2) is 0 Å². The molecule has 3 heteroatoms. The smallest absolute Gasteiger partial charge is 0.120 e. The summed E-state index contributed by atoms with van der Waals surface area (Å²) in [4.78, 5) is 19.1. The predicted octanol–water partition coefficient (Wildman–Crippen LogP) is 0.163. The summed E-state index contributed by atoms with van der Waals surface area (Å²) in [6, 6.07) is 0. The van der Waals surface area contributed by atoms with Gasteiger partial charge in [-0.1, -0.05) is 0 Å². The summed E-state index contributed by atoms with van der Waals surface area (Å²) >= 11 is 0. The molecule has 0 spiro atoms. The van der Waals surface area contributed by atoms with E-state index in [0.29, 0.717) is 19.3 Å². The van der Waals surface area contributed by atoms with Gasteiger partial charge in [-0.2, -0.15) is 0 Å². The Morgan fingerprint density at radius 1 is 1.11 bits per heavy atom. The van der Waals surface area contributed by atoms with E-state index < -0.39 is 0 Å². The topological polar surface area (TPSA) is 54.4 Å². The molecule has 0 amide bonds. The van der Waals surface area contributed by atoms with E-state index in [4.69, 9.17) is 5.11 Å². The van der Waals surface area contributed by atoms with Crippen LogP contribution in [0.5, 0.6) is 0 Å². The summed E-state index contributed by atoms with van der Waals surface area (Å²) < 4.78 is 0. The molecule has 1 N–H and O–H groups in total. The standard InChI is InChI=1S/C5H8O2.CH4O/c6-4-2-1-3-5-7;1-2/h4-5H,1-3H2;2H,1H3. The van der Waals surface area contributed by atoms with Gasteiger partial charge in [0.1, 0.15) is 12.6 Å². The number of carbonyl (C=O) groups is 2. The molecule has 0 radical (unpaired) electrons. The lowest BCUT2D eigenvalue weighted by molar-refractivity contribution is -0.108. The minimum atomic E-state index is 0.513. The predicted molar refractivity (Wildman–Crippen MR) is 34.1 cm³/mol. The lowest BCUT2D eigenvalue weighted by Crippen LogP contribution is -1.76. The fraction of sp³-hybridized carbons (Fsp3) is 0.667. The lowest BCUT2D eigenvalue weighted by Gasteiger charge is -1.78. The van der Waals surface area contributed by atoms with Gasteiger partial charge in [0, 0.05) is 20.0 Å². The fourth-order valence-corrected chi connectivity index (χ4v) is 0.285. The zero-order chi connectivity index (χ0) is 7.54. The van der Waals surface area contributed by atoms with Crippen molar-refractivity contribution in [3.63, 3.8) is 0 Å². The van der Waals surface area contributed by atoms with Gasteiger partial charge in [-0.05, 0) is 6.42 Å². The van der Waals surface area contributed by atoms with Crippen molar-refractivity contribution < 1.29 is 14.7 Å². The molecule has 0 aromatic rings. The van der Waals surface area contributed by atoms with E-state index in [1.165, 1.54) is 0 Å². The fourth-order valence-electron chi connectivity index (χ4n) is 0.285. The second kappa shape index (κ2) is 15.7. The van der Waals surface area contributed by atoms with Gasteiger partial charge >= 0.3 is 0 Å². The second-order valence-electron chi connectivity index (χ2n) is 1.26. The number of aldehydes is 2. The highest BCUT2D eigenvalue weighted by molar-refractivity contribution is 5.52. The molecular formula is C6H12O3. The normalized spacial score (nSPS) is 6.89. The number of rotatable bonds is 4. The van der Waals surface area contributed by atoms with Crippen LogP contribution in [0.25, 0.3) is 0 Å². The van der Waals surface area contributed by atoms with Crippen LogP contribution in [-0.4, -0.2) is 24.8 Å². The Kier molecular flexibility index (Phi) is 19.4. The van der Waals surface area contributed by atoms with Crippen LogP contribution >= 0.6 is 0 Å². The van der Waals surface area contributed by atoms with E-state index in [9.17, 15) is 9.59 Å². The molecule has 0 rings (SSSR count). The van der Waals surface area contributed by atoms with E-state index >= 15 is 0 Å². The summed E-state index contributed by atoms with van der Waals surface area (Å²) in [5.74, 6) is 0. The van der Waals surface area contributed by atoms with Gasteiger partial charge in [0.25, 0.3) is 0 Å². The van der Waals surface area contributed by atoms with E-state index in [-0.39, 0.29) is 0 Å². The molecule has 0 aliphatic carbocycles. The van der Waals surface area contributed by atoms with Gasteiger partial charge < -0.3 is 14.7 Å². The van der Waals surface area contributed by atoms with Gasteiger partial charge in [-0.25, -0.2) is 0 Å². The zero-order valence-corrected chi connectivity index (χ0v) is 5.54. The number of hydrogen-bond acceptors (Lipinski definition) is 3. The number of aliphatic hydroxyl groups is 1. The largest absolute Gasteiger partial charge is 0.400 e. The Morgan fingerprint density at radius 3 is 1.67 bits per heavy atom. The van der Waals surface area contributed by atoms with E-state index in [1.54, 1.807) is 0 Å². The van der Waals surface area contributed by atoms with Crippen LogP contribution in [0.2, 0.25) is 0 Å². The Balaban J connectivity index is 0. The molecule has 0 bridgehead atoms. The van der Waals surface area contributed by atoms with Gasteiger partial charge in [0.2, 0.25) is 0 Å². The molecule has 9 heavy (non-hydrogen) atoms. The molecule has 0 saturated carbocycles. The number of aliphatic hydroxyl groups excluding tert-OH is 1. The molecule has 0 saturated heterocycles. The maximum atomic E-state index is 9.56. The first-order valence-electron chi connectivity index (χ1n) is 2.74. The van der Waals surface area contributed by atoms with Gasteiger partial charge in [0.05, 0.1) is 0 Å². The minimum absolute atomic E-state index is 0.513. The van der Waals surface area contributed by atoms with Gasteiger partial charge in [-0.3, -0.25) is 0 Å². The third-order valence-electron chi connectivity index (χ3n) is 0.644. The van der Waals surface area contributed by atoms with Crippen LogP contribution in [0.4, 0.5) is 0 Å². The van der Waals surface area contributed by atoms with Crippen LogP contribution in [0, 0.1) is 0 Å². The van der Waals surface area contributed by atoms with Crippen molar-refractivity contribution in [3.8, 4) is 0 Å². The second-order valence-corrected chi connectivity index (χ2v) is 1.26. The van der Waals surface area contributed by atoms with Crippen molar-refractivity contribution in [1.82, 2.24) is 0 Å². The highest BCUT2D eigenvalue weighted by Crippen LogP contribution is 1.85. The Labute approximate surface area is 54.7 Å². The first kappa shape index (κ1) is 11.1. The maximum absolute atomic E-state index is 9.56. The van der Waals surface area contributed by atoms with Crippen LogP contribution in [0.15, 0.2) is 0 Å². The maximum Gasteiger partial charge on any atom is 0.120 e. The molecule has 0 aromatic heterocycles. The van der Waals surface area contributed by atoms with E-state index in [2.05, 4.69) is 0 Å². The molecule has 0 atom stereocenters. The SMILES string of the molecule is CO.O=CCCCC=O. The molecule has 0 aliphatic rings. The average molecular weight is 132 g/mol. The van der Waals surface area contributed by atoms with Gasteiger partial charge in [-0.15, -0.1) is 0 Å². The monoisotopic (exact) mass is 132 g/mol. The summed E-state index contributed by atoms with van der Waals surface area (Å²) in [5, 5.41) is 7.00. The number of unbranched alkanes of at least 4 members (excludes halogenated alkanes) is 2. The molecule has 3 nitrogen and oxygen atoms in total. The van der Waals surface area contributed by atoms with Crippen molar-refractivity contribution in [2.45, 2.75) is 19.3 Å². The average Bonchev–Trinajstić information content (AvgIpc) is 1.94. The van der Waals surface area contributed by atoms with Crippen molar-refractivity contribution in [1.29, 1.82) is 0 Å². The summed E-state index contributed by atoms with van der Waals surface area (Å²) in [5.41, 5.74) is 0. The molecule has 0 unspecified atom stereocenters. The Bertz CT molecular complexity index is 53.3. The third kappa shape index (κ3) is 18.8. The Morgan fingerprint density at radius 2 is 1.44 bits per heavy atom. The van der Waals surface area contributed by atoms with E-state index in [1.807, 2.05) is 0 Å². The molecule has 0 aliphatic heterocycles. The van der Waals surface area contributed by atoms with Crippen molar-refractivity contribution in [3.05, 3.63) is 0 Å². The number of carbonyl (C=O) groups excluding carboxylic acids is 2. The van der Waals surface area contributed by atoms with E-state index in [0.717, 1.165) is 19.7 Å². The molecule has 0 heterocycles. The third-order valence-corrected chi connectivity index (χ3v) is 0.644. The molecular weight excluding hydrogens is 120 g/mol. The molecule has 54 valence electrons. The summed E-state index contributed by atoms with van der Waals surface area (Å²) in [7, 11) is 1.00. The zero-order valence-electron chi connectivity index (χ0n) is 5.54. The van der Waals surface area contributed by atoms with Crippen molar-refractivity contribution in [2.75, 3.05) is 7.11 Å². The molecule has 0 fully saturated rings. The highest BCUT2D eigenvalue weighted by atomic mass is 16.2.